The summed E-state index contributed by atoms with van der Waals surface area (Å²) in [5, 5.41) is 0. The quantitative estimate of drug-likeness (QED) is 0.171. The molecule has 0 spiro atoms. The van der Waals surface area contributed by atoms with Gasteiger partial charge >= 0.3 is 11.9 Å². The first-order valence-electron chi connectivity index (χ1n) is 13.1. The number of para-hydroxylation sites is 2. The van der Waals surface area contributed by atoms with Crippen molar-refractivity contribution >= 4 is 18.0 Å². The van der Waals surface area contributed by atoms with Gasteiger partial charge in [-0.2, -0.15) is 0 Å². The highest BCUT2D eigenvalue weighted by Crippen LogP contribution is 2.39. The third kappa shape index (κ3) is 8.57. The van der Waals surface area contributed by atoms with E-state index in [0.29, 0.717) is 45.6 Å². The average Bonchev–Trinajstić information content (AvgIpc) is 3.01. The molecule has 10 heteroatoms. The maximum Gasteiger partial charge on any atom is 0.330 e. The van der Waals surface area contributed by atoms with Gasteiger partial charge in [0.05, 0.1) is 42.2 Å². The van der Waals surface area contributed by atoms with E-state index in [9.17, 15) is 9.59 Å². The second kappa shape index (κ2) is 15.8. The van der Waals surface area contributed by atoms with Gasteiger partial charge in [-0.05, 0) is 48.0 Å². The number of esters is 2. The van der Waals surface area contributed by atoms with Crippen LogP contribution >= 0.6 is 0 Å². The van der Waals surface area contributed by atoms with Crippen molar-refractivity contribution in [1.29, 1.82) is 0 Å². The average molecular weight is 581 g/mol. The molecule has 3 aromatic rings. The van der Waals surface area contributed by atoms with Crippen LogP contribution in [0.4, 0.5) is 0 Å². The molecular formula is C32H36O10. The fourth-order valence-corrected chi connectivity index (χ4v) is 4.11. The summed E-state index contributed by atoms with van der Waals surface area (Å²) in [6.45, 7) is 1.43. The van der Waals surface area contributed by atoms with Crippen LogP contribution in [0.1, 0.15) is 30.6 Å². The van der Waals surface area contributed by atoms with E-state index in [1.165, 1.54) is 27.2 Å². The van der Waals surface area contributed by atoms with Gasteiger partial charge in [-0.15, -0.1) is 0 Å². The minimum absolute atomic E-state index is 0.0801. The summed E-state index contributed by atoms with van der Waals surface area (Å²) in [6.07, 6.45) is 1.77. The van der Waals surface area contributed by atoms with Gasteiger partial charge in [0.2, 0.25) is 0 Å². The molecule has 2 atom stereocenters. The van der Waals surface area contributed by atoms with Crippen LogP contribution in [0.5, 0.6) is 34.5 Å². The van der Waals surface area contributed by atoms with E-state index in [2.05, 4.69) is 4.74 Å². The number of methoxy groups -OCH3 is 5. The Bertz CT molecular complexity index is 1370. The highest BCUT2D eigenvalue weighted by Gasteiger charge is 2.30. The second-order valence-corrected chi connectivity index (χ2v) is 8.86. The van der Waals surface area contributed by atoms with Crippen molar-refractivity contribution in [3.63, 3.8) is 0 Å². The Morgan fingerprint density at radius 1 is 0.714 bits per heavy atom. The van der Waals surface area contributed by atoms with Gasteiger partial charge in [0.1, 0.15) is 6.10 Å². The molecule has 0 saturated heterocycles. The summed E-state index contributed by atoms with van der Waals surface area (Å²) in [5.41, 5.74) is 1.40. The van der Waals surface area contributed by atoms with E-state index < -0.39 is 24.1 Å². The lowest BCUT2D eigenvalue weighted by atomic mass is 10.0. The summed E-state index contributed by atoms with van der Waals surface area (Å²) in [6, 6.07) is 17.9. The molecule has 0 unspecified atom stereocenters. The zero-order chi connectivity index (χ0) is 30.5. The molecule has 0 fully saturated rings. The zero-order valence-corrected chi connectivity index (χ0v) is 24.6. The molecule has 0 aliphatic heterocycles. The zero-order valence-electron chi connectivity index (χ0n) is 24.6. The molecule has 0 aromatic heterocycles. The SMILES string of the molecule is COC(=O)/C=C/c1ccc(O[C@@H](c2ccc(OC)c(OC)c2)[C@@H](CCOC(C)=O)Oc2ccccc2OC)c(OC)c1. The van der Waals surface area contributed by atoms with Crippen LogP contribution in [-0.4, -0.2) is 60.2 Å². The molecule has 3 rings (SSSR count). The molecule has 0 N–H and O–H groups in total. The van der Waals surface area contributed by atoms with Gasteiger partial charge in [-0.25, -0.2) is 4.79 Å². The molecule has 42 heavy (non-hydrogen) atoms. The Balaban J connectivity index is 2.10. The fraction of sp³-hybridized carbons (Fsp3) is 0.312. The van der Waals surface area contributed by atoms with E-state index in [1.54, 1.807) is 69.9 Å². The summed E-state index contributed by atoms with van der Waals surface area (Å²) < 4.78 is 45.2. The van der Waals surface area contributed by atoms with Crippen molar-refractivity contribution in [3.05, 3.63) is 77.9 Å². The molecule has 0 amide bonds. The van der Waals surface area contributed by atoms with E-state index in [4.69, 9.17) is 33.2 Å². The van der Waals surface area contributed by atoms with Crippen molar-refractivity contribution < 1.29 is 47.5 Å². The number of carbonyl (C=O) groups excluding carboxylic acids is 2. The van der Waals surface area contributed by atoms with E-state index >= 15 is 0 Å². The summed E-state index contributed by atoms with van der Waals surface area (Å²) in [5.74, 6) is 1.99. The number of rotatable bonds is 15. The van der Waals surface area contributed by atoms with Crippen molar-refractivity contribution in [2.24, 2.45) is 0 Å². The monoisotopic (exact) mass is 580 g/mol. The molecule has 224 valence electrons. The number of carbonyl (C=O) groups is 2. The number of benzene rings is 3. The standard InChI is InChI=1S/C32H36O10/c1-21(33)40-18-17-28(41-26-10-8-7-9-24(26)35-2)32(23-13-15-25(36-3)30(20-23)38-5)42-27-14-11-22(19-29(27)37-4)12-16-31(34)39-6/h7-16,19-20,28,32H,17-18H2,1-6H3/b16-12+/t28-,32+/m1/s1. The molecule has 0 aliphatic rings. The first-order chi connectivity index (χ1) is 20.3. The summed E-state index contributed by atoms with van der Waals surface area (Å²) >= 11 is 0. The van der Waals surface area contributed by atoms with Crippen molar-refractivity contribution in [1.82, 2.24) is 0 Å². The number of hydrogen-bond donors (Lipinski definition) is 0. The predicted molar refractivity (Wildman–Crippen MR) is 156 cm³/mol. The second-order valence-electron chi connectivity index (χ2n) is 8.86. The van der Waals surface area contributed by atoms with Crippen LogP contribution in [0.3, 0.4) is 0 Å². The van der Waals surface area contributed by atoms with Gasteiger partial charge in [-0.1, -0.05) is 24.3 Å². The topological polar surface area (TPSA) is 108 Å². The lowest BCUT2D eigenvalue weighted by Gasteiger charge is -2.30. The van der Waals surface area contributed by atoms with Gasteiger partial charge < -0.3 is 37.9 Å². The van der Waals surface area contributed by atoms with Crippen LogP contribution in [0.25, 0.3) is 6.08 Å². The van der Waals surface area contributed by atoms with Crippen LogP contribution in [0.15, 0.2) is 66.7 Å². The Kier molecular flexibility index (Phi) is 11.9. The molecule has 0 radical (unpaired) electrons. The molecule has 0 heterocycles. The largest absolute Gasteiger partial charge is 0.493 e. The Labute approximate surface area is 245 Å². The highest BCUT2D eigenvalue weighted by molar-refractivity contribution is 5.87. The lowest BCUT2D eigenvalue weighted by molar-refractivity contribution is -0.142. The van der Waals surface area contributed by atoms with Crippen LogP contribution in [-0.2, 0) is 19.1 Å². The molecular weight excluding hydrogens is 544 g/mol. The smallest absolute Gasteiger partial charge is 0.330 e. The first kappa shape index (κ1) is 31.7. The Morgan fingerprint density at radius 2 is 1.31 bits per heavy atom. The van der Waals surface area contributed by atoms with Gasteiger partial charge in [0.25, 0.3) is 0 Å². The first-order valence-corrected chi connectivity index (χ1v) is 13.1. The van der Waals surface area contributed by atoms with Crippen LogP contribution < -0.4 is 28.4 Å². The van der Waals surface area contributed by atoms with Crippen LogP contribution in [0.2, 0.25) is 0 Å². The maximum atomic E-state index is 11.6. The number of ether oxygens (including phenoxy) is 8. The highest BCUT2D eigenvalue weighted by atomic mass is 16.6. The fourth-order valence-electron chi connectivity index (χ4n) is 4.11. The molecule has 10 nitrogen and oxygen atoms in total. The van der Waals surface area contributed by atoms with Crippen LogP contribution in [0, 0.1) is 0 Å². The normalized spacial score (nSPS) is 12.1. The third-order valence-electron chi connectivity index (χ3n) is 6.18. The van der Waals surface area contributed by atoms with E-state index in [0.717, 1.165) is 0 Å². The minimum Gasteiger partial charge on any atom is -0.493 e. The minimum atomic E-state index is -0.754. The van der Waals surface area contributed by atoms with E-state index in [1.807, 2.05) is 18.2 Å². The Morgan fingerprint density at radius 3 is 1.95 bits per heavy atom. The predicted octanol–water partition coefficient (Wildman–Crippen LogP) is 5.43. The summed E-state index contributed by atoms with van der Waals surface area (Å²) in [7, 11) is 7.48. The summed E-state index contributed by atoms with van der Waals surface area (Å²) in [4.78, 5) is 23.2. The molecule has 3 aromatic carbocycles. The third-order valence-corrected chi connectivity index (χ3v) is 6.18. The maximum absolute atomic E-state index is 11.6. The Hall–Kier alpha value is -4.86. The van der Waals surface area contributed by atoms with Gasteiger partial charge in [0.15, 0.2) is 40.6 Å². The lowest BCUT2D eigenvalue weighted by Crippen LogP contribution is -2.31. The molecule has 0 aliphatic carbocycles. The van der Waals surface area contributed by atoms with Crippen molar-refractivity contribution in [3.8, 4) is 34.5 Å². The van der Waals surface area contributed by atoms with E-state index in [-0.39, 0.29) is 13.0 Å². The molecule has 0 bridgehead atoms. The molecule has 0 saturated carbocycles. The van der Waals surface area contributed by atoms with Gasteiger partial charge in [-0.3, -0.25) is 4.79 Å². The van der Waals surface area contributed by atoms with Crippen molar-refractivity contribution in [2.45, 2.75) is 25.6 Å². The van der Waals surface area contributed by atoms with Gasteiger partial charge in [0, 0.05) is 25.0 Å². The van der Waals surface area contributed by atoms with Crippen molar-refractivity contribution in [2.75, 3.05) is 42.2 Å². The number of hydrogen-bond acceptors (Lipinski definition) is 10.